The molecule has 1 heterocycles. The molecule has 0 bridgehead atoms. The Kier molecular flexibility index (Phi) is 9.46. The molecule has 0 amide bonds. The molecule has 1 aliphatic heterocycles. The van der Waals surface area contributed by atoms with Crippen molar-refractivity contribution in [2.75, 3.05) is 19.4 Å². The van der Waals surface area contributed by atoms with Gasteiger partial charge < -0.3 is 18.4 Å². The van der Waals surface area contributed by atoms with Crippen LogP contribution in [0.15, 0.2) is 30.3 Å². The third-order valence-corrected chi connectivity index (χ3v) is 13.3. The van der Waals surface area contributed by atoms with Gasteiger partial charge in [0.15, 0.2) is 15.7 Å². The van der Waals surface area contributed by atoms with Crippen molar-refractivity contribution in [2.45, 2.75) is 96.0 Å². The lowest BCUT2D eigenvalue weighted by Gasteiger charge is -2.41. The summed E-state index contributed by atoms with van der Waals surface area (Å²) in [6.07, 6.45) is 0.895. The van der Waals surface area contributed by atoms with Crippen LogP contribution in [0.1, 0.15) is 53.0 Å². The lowest BCUT2D eigenvalue weighted by molar-refractivity contribution is -0.108. The van der Waals surface area contributed by atoms with Crippen LogP contribution in [0.4, 0.5) is 0 Å². The van der Waals surface area contributed by atoms with Crippen molar-refractivity contribution in [3.05, 3.63) is 35.9 Å². The predicted molar refractivity (Wildman–Crippen MR) is 135 cm³/mol. The number of ether oxygens (including phenoxy) is 2. The van der Waals surface area contributed by atoms with E-state index in [2.05, 4.69) is 40.8 Å². The van der Waals surface area contributed by atoms with Crippen LogP contribution in [0.3, 0.4) is 0 Å². The average Bonchev–Trinajstić information content (AvgIpc) is 2.96. The van der Waals surface area contributed by atoms with Gasteiger partial charge in [0.05, 0.1) is 24.9 Å². The van der Waals surface area contributed by atoms with Gasteiger partial charge in [-0.3, -0.25) is 4.57 Å². The van der Waals surface area contributed by atoms with E-state index in [0.717, 1.165) is 5.56 Å². The molecule has 5 atom stereocenters. The molecule has 1 saturated heterocycles. The van der Waals surface area contributed by atoms with Crippen LogP contribution >= 0.6 is 7.37 Å². The van der Waals surface area contributed by atoms with Gasteiger partial charge in [0, 0.05) is 18.8 Å². The molecule has 0 spiro atoms. The molecule has 0 aliphatic carbocycles. The Morgan fingerprint density at radius 2 is 1.81 bits per heavy atom. The highest BCUT2D eigenvalue weighted by Gasteiger charge is 2.56. The number of hydrogen-bond acceptors (Lipinski definition) is 5. The summed E-state index contributed by atoms with van der Waals surface area (Å²) in [4.78, 5) is 0. The molecule has 8 heteroatoms. The Morgan fingerprint density at radius 3 is 2.34 bits per heavy atom. The van der Waals surface area contributed by atoms with E-state index >= 15 is 0 Å². The van der Waals surface area contributed by atoms with Crippen LogP contribution < -0.4 is 0 Å². The van der Waals surface area contributed by atoms with Crippen molar-refractivity contribution < 1.29 is 23.0 Å². The molecule has 32 heavy (non-hydrogen) atoms. The third kappa shape index (κ3) is 6.80. The van der Waals surface area contributed by atoms with Gasteiger partial charge >= 0.3 is 0 Å². The van der Waals surface area contributed by atoms with Crippen molar-refractivity contribution in [2.24, 2.45) is 0 Å². The van der Waals surface area contributed by atoms with E-state index in [0.29, 0.717) is 32.2 Å². The molecule has 1 fully saturated rings. The molecule has 2 unspecified atom stereocenters. The van der Waals surface area contributed by atoms with Crippen molar-refractivity contribution >= 4 is 23.5 Å². The number of benzene rings is 1. The average molecular weight is 480 g/mol. The minimum Gasteiger partial charge on any atom is -0.409 e. The maximum atomic E-state index is 12.9. The summed E-state index contributed by atoms with van der Waals surface area (Å²) < 4.78 is 38.1. The van der Waals surface area contributed by atoms with E-state index in [9.17, 15) is 4.57 Å². The first kappa shape index (κ1) is 27.8. The third-order valence-electron chi connectivity index (χ3n) is 6.96. The van der Waals surface area contributed by atoms with E-state index in [1.54, 1.807) is 6.66 Å². The maximum Gasteiger partial charge on any atom is 0.200 e. The second kappa shape index (κ2) is 10.9. The smallest absolute Gasteiger partial charge is 0.200 e. The molecule has 180 valence electrons. The zero-order valence-corrected chi connectivity index (χ0v) is 23.1. The minimum atomic E-state index is -2.72. The van der Waals surface area contributed by atoms with Crippen LogP contribution in [-0.4, -0.2) is 59.4 Å². The summed E-state index contributed by atoms with van der Waals surface area (Å²) in [5.74, 6) is 0. The summed E-state index contributed by atoms with van der Waals surface area (Å²) in [6.45, 7) is 17.6. The van der Waals surface area contributed by atoms with Gasteiger partial charge in [0.2, 0.25) is 0 Å². The van der Waals surface area contributed by atoms with Gasteiger partial charge in [-0.15, -0.1) is 0 Å². The molecule has 1 aromatic carbocycles. The number of rotatable bonds is 11. The quantitative estimate of drug-likeness (QED) is 0.289. The van der Waals surface area contributed by atoms with Gasteiger partial charge in [0.25, 0.3) is 0 Å². The standard InChI is InChI=1S/C24H42BO5PSi/c1-9-24(16-17-31(6,26)28-10-2)21(27-18-19-14-12-11-13-15-19)20(22(25)29-24)30-32(7,8)23(3,4)5/h11-15,20-22H,9-10,16-18H2,1-8H3/t20-,21?,22+,24+,31?/m0/s1. The fourth-order valence-corrected chi connectivity index (χ4v) is 6.67. The molecule has 5 nitrogen and oxygen atoms in total. The summed E-state index contributed by atoms with van der Waals surface area (Å²) in [5, 5.41) is 0.0300. The van der Waals surface area contributed by atoms with E-state index in [1.807, 2.05) is 37.3 Å². The van der Waals surface area contributed by atoms with Crippen LogP contribution in [0.5, 0.6) is 0 Å². The molecule has 2 rings (SSSR count). The highest BCUT2D eigenvalue weighted by atomic mass is 31.2. The van der Waals surface area contributed by atoms with Crippen molar-refractivity contribution in [1.29, 1.82) is 0 Å². The van der Waals surface area contributed by atoms with Crippen LogP contribution in [0, 0.1) is 0 Å². The molecule has 0 N–H and O–H groups in total. The van der Waals surface area contributed by atoms with E-state index < -0.39 is 27.3 Å². The first-order valence-electron chi connectivity index (χ1n) is 11.7. The highest BCUT2D eigenvalue weighted by molar-refractivity contribution is 7.58. The highest BCUT2D eigenvalue weighted by Crippen LogP contribution is 2.49. The Labute approximate surface area is 197 Å². The molecule has 1 aromatic rings. The summed E-state index contributed by atoms with van der Waals surface area (Å²) in [6, 6.07) is 9.48. The second-order valence-electron chi connectivity index (χ2n) is 10.5. The van der Waals surface area contributed by atoms with Gasteiger partial charge in [-0.1, -0.05) is 58.0 Å². The summed E-state index contributed by atoms with van der Waals surface area (Å²) in [5.41, 5.74) is 0.406. The SMILES string of the molecule is [B][C@@H]1O[C@](CC)(CCP(C)(=O)OCC)C(OCc2ccccc2)[C@@H]1O[Si](C)(C)C(C)(C)C. The lowest BCUT2D eigenvalue weighted by atomic mass is 9.86. The zero-order chi connectivity index (χ0) is 24.2. The lowest BCUT2D eigenvalue weighted by Crippen LogP contribution is -2.52. The van der Waals surface area contributed by atoms with Crippen LogP contribution in [-0.2, 0) is 29.6 Å². The first-order valence-corrected chi connectivity index (χ1v) is 16.9. The maximum absolute atomic E-state index is 12.9. The predicted octanol–water partition coefficient (Wildman–Crippen LogP) is 5.97. The van der Waals surface area contributed by atoms with Gasteiger partial charge in [0.1, 0.15) is 14.0 Å². The Balaban J connectivity index is 2.34. The second-order valence-corrected chi connectivity index (χ2v) is 18.0. The molecular weight excluding hydrogens is 438 g/mol. The molecule has 0 aromatic heterocycles. The van der Waals surface area contributed by atoms with Gasteiger partial charge in [-0.25, -0.2) is 0 Å². The topological polar surface area (TPSA) is 54.0 Å². The largest absolute Gasteiger partial charge is 0.409 e. The zero-order valence-electron chi connectivity index (χ0n) is 21.2. The normalized spacial score (nSPS) is 28.6. The fraction of sp³-hybridized carbons (Fsp3) is 0.750. The summed E-state index contributed by atoms with van der Waals surface area (Å²) in [7, 11) is 1.68. The first-order chi connectivity index (χ1) is 14.8. The van der Waals surface area contributed by atoms with E-state index in [4.69, 9.17) is 26.3 Å². The fourth-order valence-electron chi connectivity index (χ4n) is 3.92. The van der Waals surface area contributed by atoms with E-state index in [1.165, 1.54) is 0 Å². The van der Waals surface area contributed by atoms with Gasteiger partial charge in [-0.05, 0) is 43.5 Å². The van der Waals surface area contributed by atoms with Crippen molar-refractivity contribution in [3.8, 4) is 0 Å². The monoisotopic (exact) mass is 480 g/mol. The summed E-state index contributed by atoms with van der Waals surface area (Å²) >= 11 is 0. The van der Waals surface area contributed by atoms with Gasteiger partial charge in [-0.2, -0.15) is 0 Å². The van der Waals surface area contributed by atoms with Crippen molar-refractivity contribution in [1.82, 2.24) is 0 Å². The Bertz CT molecular complexity index is 769. The van der Waals surface area contributed by atoms with Crippen LogP contribution in [0.2, 0.25) is 18.1 Å². The van der Waals surface area contributed by atoms with Crippen molar-refractivity contribution in [3.63, 3.8) is 0 Å². The Hall–Kier alpha value is -0.428. The number of hydrogen-bond donors (Lipinski definition) is 0. The minimum absolute atomic E-state index is 0.0300. The molecule has 2 radical (unpaired) electrons. The van der Waals surface area contributed by atoms with E-state index in [-0.39, 0.29) is 17.2 Å². The van der Waals surface area contributed by atoms with Crippen LogP contribution in [0.25, 0.3) is 0 Å². The molecular formula is C24H42BO5PSi. The molecule has 1 aliphatic rings. The molecule has 0 saturated carbocycles. The Morgan fingerprint density at radius 1 is 1.19 bits per heavy atom.